The van der Waals surface area contributed by atoms with Crippen LogP contribution in [0.15, 0.2) is 12.4 Å². The topological polar surface area (TPSA) is 130 Å². The molecule has 0 saturated heterocycles. The molecule has 0 fully saturated rings. The number of nitriles is 1. The second-order valence-electron chi connectivity index (χ2n) is 6.17. The van der Waals surface area contributed by atoms with Crippen molar-refractivity contribution in [1.82, 2.24) is 29.4 Å². The van der Waals surface area contributed by atoms with Crippen molar-refractivity contribution in [3.05, 3.63) is 29.6 Å². The van der Waals surface area contributed by atoms with Crippen molar-refractivity contribution in [3.8, 4) is 6.07 Å². The Bertz CT molecular complexity index is 835. The summed E-state index contributed by atoms with van der Waals surface area (Å²) in [4.78, 5) is 27.4. The lowest BCUT2D eigenvalue weighted by molar-refractivity contribution is -0.137. The van der Waals surface area contributed by atoms with Crippen LogP contribution in [0.2, 0.25) is 0 Å². The van der Waals surface area contributed by atoms with Crippen LogP contribution in [0.25, 0.3) is 0 Å². The van der Waals surface area contributed by atoms with E-state index in [0.717, 1.165) is 43.9 Å². The molecule has 0 spiro atoms. The minimum Gasteiger partial charge on any atom is -0.483 e. The quantitative estimate of drug-likeness (QED) is 0.713. The van der Waals surface area contributed by atoms with Crippen LogP contribution in [-0.2, 0) is 35.6 Å². The Morgan fingerprint density at radius 3 is 2.96 bits per heavy atom. The molecule has 0 radical (unpaired) electrons. The summed E-state index contributed by atoms with van der Waals surface area (Å²) >= 11 is 0. The summed E-state index contributed by atoms with van der Waals surface area (Å²) in [6.45, 7) is 2.35. The van der Waals surface area contributed by atoms with Crippen LogP contribution in [0.1, 0.15) is 30.1 Å². The summed E-state index contributed by atoms with van der Waals surface area (Å²) < 4.78 is 3.68. The molecular formula is C16H19N7O3. The first-order chi connectivity index (χ1) is 12.7. The summed E-state index contributed by atoms with van der Waals surface area (Å²) in [6.07, 6.45) is 4.01. The normalized spacial score (nSPS) is 18.4. The minimum absolute atomic E-state index is 0.0471. The van der Waals surface area contributed by atoms with E-state index in [9.17, 15) is 4.79 Å². The van der Waals surface area contributed by atoms with Crippen molar-refractivity contribution in [3.63, 3.8) is 0 Å². The van der Waals surface area contributed by atoms with Crippen LogP contribution < -0.4 is 0 Å². The highest BCUT2D eigenvalue weighted by Gasteiger charge is 2.30. The van der Waals surface area contributed by atoms with E-state index in [1.807, 2.05) is 14.3 Å². The van der Waals surface area contributed by atoms with Crippen LogP contribution in [0.4, 0.5) is 0 Å². The fraction of sp³-hybridized carbons (Fsp3) is 0.500. The molecule has 2 aromatic heterocycles. The van der Waals surface area contributed by atoms with Gasteiger partial charge in [-0.3, -0.25) is 14.3 Å². The van der Waals surface area contributed by atoms with Gasteiger partial charge in [0, 0.05) is 19.5 Å². The number of rotatable bonds is 1. The summed E-state index contributed by atoms with van der Waals surface area (Å²) in [7, 11) is 0. The molecule has 2 aliphatic rings. The zero-order valence-corrected chi connectivity index (χ0v) is 14.2. The molecule has 0 bridgehead atoms. The summed E-state index contributed by atoms with van der Waals surface area (Å²) in [6, 6.07) is 3.85. The van der Waals surface area contributed by atoms with Crippen LogP contribution in [0.5, 0.6) is 0 Å². The first-order valence-electron chi connectivity index (χ1n) is 8.36. The molecule has 4 heterocycles. The van der Waals surface area contributed by atoms with Crippen molar-refractivity contribution >= 4 is 12.4 Å². The van der Waals surface area contributed by atoms with Gasteiger partial charge < -0.3 is 10.0 Å². The third-order valence-electron chi connectivity index (χ3n) is 4.60. The molecule has 1 atom stereocenters. The maximum absolute atomic E-state index is 12.9. The van der Waals surface area contributed by atoms with Crippen molar-refractivity contribution in [2.45, 2.75) is 38.9 Å². The van der Waals surface area contributed by atoms with Crippen molar-refractivity contribution in [1.29, 1.82) is 5.26 Å². The van der Waals surface area contributed by atoms with E-state index in [4.69, 9.17) is 15.2 Å². The molecule has 10 nitrogen and oxygen atoms in total. The lowest BCUT2D eigenvalue weighted by atomic mass is 9.98. The SMILES string of the molecule is N#Cc1cc2n(n1)CCCN(C(=O)C1CCc3ncnn3C1)C2.O=CO. The van der Waals surface area contributed by atoms with Gasteiger partial charge in [-0.25, -0.2) is 9.67 Å². The van der Waals surface area contributed by atoms with Crippen molar-refractivity contribution in [2.75, 3.05) is 6.54 Å². The molecular weight excluding hydrogens is 338 g/mol. The predicted octanol–water partition coefficient (Wildman–Crippen LogP) is 0.0420. The highest BCUT2D eigenvalue weighted by atomic mass is 16.3. The van der Waals surface area contributed by atoms with Gasteiger partial charge >= 0.3 is 0 Å². The number of amides is 1. The highest BCUT2D eigenvalue weighted by molar-refractivity contribution is 5.79. The zero-order valence-electron chi connectivity index (χ0n) is 14.2. The lowest BCUT2D eigenvalue weighted by Gasteiger charge is -2.28. The number of fused-ring (bicyclic) bond motifs is 2. The van der Waals surface area contributed by atoms with E-state index in [-0.39, 0.29) is 18.3 Å². The van der Waals surface area contributed by atoms with E-state index in [0.29, 0.717) is 18.8 Å². The third-order valence-corrected chi connectivity index (χ3v) is 4.60. The van der Waals surface area contributed by atoms with Gasteiger partial charge in [-0.05, 0) is 18.9 Å². The molecule has 136 valence electrons. The molecule has 4 rings (SSSR count). The van der Waals surface area contributed by atoms with Gasteiger partial charge in [0.15, 0.2) is 5.69 Å². The maximum Gasteiger partial charge on any atom is 0.290 e. The van der Waals surface area contributed by atoms with E-state index < -0.39 is 0 Å². The Kier molecular flexibility index (Phi) is 5.26. The van der Waals surface area contributed by atoms with Gasteiger partial charge in [-0.15, -0.1) is 0 Å². The summed E-state index contributed by atoms with van der Waals surface area (Å²) in [5, 5.41) is 24.3. The summed E-state index contributed by atoms with van der Waals surface area (Å²) in [5.41, 5.74) is 1.35. The number of carbonyl (C=O) groups excluding carboxylic acids is 1. The number of hydrogen-bond acceptors (Lipinski definition) is 6. The second-order valence-corrected chi connectivity index (χ2v) is 6.17. The van der Waals surface area contributed by atoms with Crippen LogP contribution in [-0.4, -0.2) is 53.5 Å². The molecule has 26 heavy (non-hydrogen) atoms. The molecule has 1 N–H and O–H groups in total. The average Bonchev–Trinajstić information content (AvgIpc) is 3.22. The fourth-order valence-corrected chi connectivity index (χ4v) is 3.40. The number of carboxylic acid groups (broad SMARTS) is 1. The Labute approximate surface area is 149 Å². The van der Waals surface area contributed by atoms with Gasteiger partial charge in [-0.1, -0.05) is 0 Å². The Morgan fingerprint density at radius 2 is 2.19 bits per heavy atom. The van der Waals surface area contributed by atoms with Gasteiger partial charge in [-0.2, -0.15) is 15.5 Å². The standard InChI is InChI=1S/C15H17N7O.CH2O2/c16-7-12-6-13-9-20(4-1-5-21(13)19-12)15(23)11-2-3-14-17-10-18-22(14)8-11;2-1-3/h6,10-11H,1-5,8-9H2;1H,(H,2,3). The monoisotopic (exact) mass is 357 g/mol. The molecule has 10 heteroatoms. The van der Waals surface area contributed by atoms with Gasteiger partial charge in [0.1, 0.15) is 18.2 Å². The van der Waals surface area contributed by atoms with E-state index >= 15 is 0 Å². The predicted molar refractivity (Wildman–Crippen MR) is 87.5 cm³/mol. The first kappa shape index (κ1) is 17.6. The smallest absolute Gasteiger partial charge is 0.290 e. The maximum atomic E-state index is 12.9. The Balaban J connectivity index is 0.000000613. The largest absolute Gasteiger partial charge is 0.483 e. The molecule has 2 aromatic rings. The average molecular weight is 357 g/mol. The number of aromatic nitrogens is 5. The van der Waals surface area contributed by atoms with Crippen molar-refractivity contribution < 1.29 is 14.7 Å². The van der Waals surface area contributed by atoms with E-state index in [2.05, 4.69) is 21.3 Å². The molecule has 2 aliphatic heterocycles. The van der Waals surface area contributed by atoms with E-state index in [1.165, 1.54) is 0 Å². The molecule has 0 saturated carbocycles. The van der Waals surface area contributed by atoms with Crippen LogP contribution in [0, 0.1) is 17.2 Å². The lowest BCUT2D eigenvalue weighted by Crippen LogP contribution is -2.39. The molecule has 1 unspecified atom stereocenters. The van der Waals surface area contributed by atoms with E-state index in [1.54, 1.807) is 12.4 Å². The minimum atomic E-state index is -0.250. The van der Waals surface area contributed by atoms with Gasteiger partial charge in [0.2, 0.25) is 5.91 Å². The van der Waals surface area contributed by atoms with Gasteiger partial charge in [0.25, 0.3) is 6.47 Å². The number of carbonyl (C=O) groups is 2. The van der Waals surface area contributed by atoms with Crippen LogP contribution >= 0.6 is 0 Å². The molecule has 1 amide bonds. The Hall–Kier alpha value is -3.22. The van der Waals surface area contributed by atoms with Crippen molar-refractivity contribution in [2.24, 2.45) is 5.92 Å². The highest BCUT2D eigenvalue weighted by Crippen LogP contribution is 2.22. The number of hydrogen-bond donors (Lipinski definition) is 1. The Morgan fingerprint density at radius 1 is 1.38 bits per heavy atom. The number of aryl methyl sites for hydroxylation is 2. The first-order valence-corrected chi connectivity index (χ1v) is 8.36. The van der Waals surface area contributed by atoms with Crippen LogP contribution in [0.3, 0.4) is 0 Å². The second kappa shape index (κ2) is 7.77. The summed E-state index contributed by atoms with van der Waals surface area (Å²) in [5.74, 6) is 1.08. The molecule has 0 aromatic carbocycles. The third kappa shape index (κ3) is 3.56. The fourth-order valence-electron chi connectivity index (χ4n) is 3.40. The van der Waals surface area contributed by atoms with Gasteiger partial charge in [0.05, 0.1) is 24.7 Å². The molecule has 0 aliphatic carbocycles. The number of nitrogens with zero attached hydrogens (tertiary/aromatic N) is 7. The zero-order chi connectivity index (χ0) is 18.5.